The van der Waals surface area contributed by atoms with Crippen molar-refractivity contribution in [2.75, 3.05) is 5.32 Å². The van der Waals surface area contributed by atoms with Crippen LogP contribution in [0, 0.1) is 23.2 Å². The second-order valence-electron chi connectivity index (χ2n) is 9.47. The zero-order valence-electron chi connectivity index (χ0n) is 16.6. The van der Waals surface area contributed by atoms with E-state index in [2.05, 4.69) is 10.4 Å². The Labute approximate surface area is 161 Å². The lowest BCUT2D eigenvalue weighted by Gasteiger charge is -2.56. The minimum atomic E-state index is -0.804. The maximum absolute atomic E-state index is 12.6. The molecule has 0 unspecified atom stereocenters. The number of amides is 1. The van der Waals surface area contributed by atoms with E-state index < -0.39 is 6.10 Å². The van der Waals surface area contributed by atoms with Crippen LogP contribution in [0.3, 0.4) is 0 Å². The molecule has 27 heavy (non-hydrogen) atoms. The van der Waals surface area contributed by atoms with Gasteiger partial charge in [0, 0.05) is 12.1 Å². The van der Waals surface area contributed by atoms with Crippen LogP contribution in [0.2, 0.25) is 0 Å². The molecule has 5 rings (SSSR count). The van der Waals surface area contributed by atoms with E-state index in [4.69, 9.17) is 4.74 Å². The molecule has 1 heterocycles. The topological polar surface area (TPSA) is 73.2 Å². The number of esters is 1. The summed E-state index contributed by atoms with van der Waals surface area (Å²) in [5.41, 5.74) is 0.137. The van der Waals surface area contributed by atoms with Gasteiger partial charge in [0.1, 0.15) is 5.82 Å². The van der Waals surface area contributed by atoms with E-state index in [1.807, 2.05) is 13.8 Å². The first-order valence-electron chi connectivity index (χ1n) is 10.4. The molecule has 1 aromatic rings. The maximum Gasteiger partial charge on any atom is 0.307 e. The number of nitrogens with one attached hydrogen (secondary N) is 1. The average Bonchev–Trinajstić information content (AvgIpc) is 3.01. The SMILES string of the molecule is CC(C)n1nccc1NC(=O)[C@H](C)OC(=O)CC12CC3CC(CC(C3)C1)C2. The molecule has 0 spiro atoms. The van der Waals surface area contributed by atoms with Crippen molar-refractivity contribution in [3.05, 3.63) is 12.3 Å². The van der Waals surface area contributed by atoms with Crippen LogP contribution in [-0.2, 0) is 14.3 Å². The van der Waals surface area contributed by atoms with Crippen molar-refractivity contribution in [2.45, 2.75) is 77.9 Å². The molecule has 6 heteroatoms. The molecular formula is C21H31N3O3. The summed E-state index contributed by atoms with van der Waals surface area (Å²) in [7, 11) is 0. The fourth-order valence-corrected chi connectivity index (χ4v) is 6.16. The van der Waals surface area contributed by atoms with E-state index in [-0.39, 0.29) is 23.3 Å². The fraction of sp³-hybridized carbons (Fsp3) is 0.762. The maximum atomic E-state index is 12.6. The minimum absolute atomic E-state index is 0.137. The first-order chi connectivity index (χ1) is 12.8. The van der Waals surface area contributed by atoms with Crippen LogP contribution in [0.4, 0.5) is 5.82 Å². The smallest absolute Gasteiger partial charge is 0.307 e. The van der Waals surface area contributed by atoms with Gasteiger partial charge in [0.15, 0.2) is 6.10 Å². The van der Waals surface area contributed by atoms with Gasteiger partial charge in [-0.25, -0.2) is 4.68 Å². The van der Waals surface area contributed by atoms with Gasteiger partial charge in [0.25, 0.3) is 5.91 Å². The van der Waals surface area contributed by atoms with Gasteiger partial charge >= 0.3 is 5.97 Å². The highest BCUT2D eigenvalue weighted by Crippen LogP contribution is 2.61. The molecular weight excluding hydrogens is 342 g/mol. The van der Waals surface area contributed by atoms with Gasteiger partial charge in [0.05, 0.1) is 12.6 Å². The van der Waals surface area contributed by atoms with Gasteiger partial charge < -0.3 is 10.1 Å². The lowest BCUT2D eigenvalue weighted by Crippen LogP contribution is -2.47. The fourth-order valence-electron chi connectivity index (χ4n) is 6.16. The van der Waals surface area contributed by atoms with Gasteiger partial charge in [-0.3, -0.25) is 9.59 Å². The molecule has 0 aliphatic heterocycles. The largest absolute Gasteiger partial charge is 0.453 e. The quantitative estimate of drug-likeness (QED) is 0.767. The normalized spacial score (nSPS) is 32.5. The Morgan fingerprint density at radius 1 is 1.19 bits per heavy atom. The van der Waals surface area contributed by atoms with Crippen LogP contribution >= 0.6 is 0 Å². The summed E-state index contributed by atoms with van der Waals surface area (Å²) < 4.78 is 7.26. The van der Waals surface area contributed by atoms with Crippen molar-refractivity contribution < 1.29 is 14.3 Å². The van der Waals surface area contributed by atoms with E-state index in [0.29, 0.717) is 12.2 Å². The third-order valence-corrected chi connectivity index (χ3v) is 6.77. The zero-order valence-corrected chi connectivity index (χ0v) is 16.6. The van der Waals surface area contributed by atoms with Crippen LogP contribution in [-0.4, -0.2) is 27.8 Å². The zero-order chi connectivity index (χ0) is 19.2. The van der Waals surface area contributed by atoms with Crippen molar-refractivity contribution in [1.29, 1.82) is 0 Å². The predicted molar refractivity (Wildman–Crippen MR) is 102 cm³/mol. The monoisotopic (exact) mass is 373 g/mol. The predicted octanol–water partition coefficient (Wildman–Crippen LogP) is 3.94. The number of anilines is 1. The molecule has 4 bridgehead atoms. The van der Waals surface area contributed by atoms with Crippen LogP contribution in [0.15, 0.2) is 12.3 Å². The summed E-state index contributed by atoms with van der Waals surface area (Å²) in [6, 6.07) is 1.89. The average molecular weight is 373 g/mol. The van der Waals surface area contributed by atoms with Crippen LogP contribution in [0.5, 0.6) is 0 Å². The molecule has 6 nitrogen and oxygen atoms in total. The molecule has 1 aromatic heterocycles. The van der Waals surface area contributed by atoms with E-state index >= 15 is 0 Å². The third-order valence-electron chi connectivity index (χ3n) is 6.77. The Morgan fingerprint density at radius 3 is 2.33 bits per heavy atom. The van der Waals surface area contributed by atoms with Crippen molar-refractivity contribution in [3.63, 3.8) is 0 Å². The molecule has 4 fully saturated rings. The number of carbonyl (C=O) groups excluding carboxylic acids is 2. The number of ether oxygens (including phenoxy) is 1. The van der Waals surface area contributed by atoms with Crippen molar-refractivity contribution in [1.82, 2.24) is 9.78 Å². The van der Waals surface area contributed by atoms with Gasteiger partial charge in [-0.15, -0.1) is 0 Å². The molecule has 0 aromatic carbocycles. The van der Waals surface area contributed by atoms with E-state index in [1.165, 1.54) is 38.5 Å². The number of hydrogen-bond donors (Lipinski definition) is 1. The number of rotatable bonds is 6. The molecule has 1 N–H and O–H groups in total. The Kier molecular flexibility index (Phi) is 4.77. The summed E-state index contributed by atoms with van der Waals surface area (Å²) in [5.74, 6) is 2.51. The summed E-state index contributed by atoms with van der Waals surface area (Å²) in [6.45, 7) is 5.64. The van der Waals surface area contributed by atoms with Crippen LogP contribution in [0.1, 0.15) is 71.8 Å². The number of carbonyl (C=O) groups is 2. The molecule has 4 saturated carbocycles. The van der Waals surface area contributed by atoms with E-state index in [0.717, 1.165) is 17.8 Å². The van der Waals surface area contributed by atoms with Gasteiger partial charge in [-0.1, -0.05) is 0 Å². The second kappa shape index (κ2) is 6.95. The summed E-state index contributed by atoms with van der Waals surface area (Å²) >= 11 is 0. The Balaban J connectivity index is 1.33. The molecule has 0 saturated heterocycles. The Morgan fingerprint density at radius 2 is 1.78 bits per heavy atom. The van der Waals surface area contributed by atoms with Crippen molar-refractivity contribution in [3.8, 4) is 0 Å². The van der Waals surface area contributed by atoms with Crippen LogP contribution in [0.25, 0.3) is 0 Å². The highest BCUT2D eigenvalue weighted by molar-refractivity contribution is 5.94. The first-order valence-corrected chi connectivity index (χ1v) is 10.4. The minimum Gasteiger partial charge on any atom is -0.453 e. The van der Waals surface area contributed by atoms with Crippen molar-refractivity contribution >= 4 is 17.7 Å². The number of nitrogens with zero attached hydrogens (tertiary/aromatic N) is 2. The number of aromatic nitrogens is 2. The van der Waals surface area contributed by atoms with Crippen molar-refractivity contribution in [2.24, 2.45) is 23.2 Å². The second-order valence-corrected chi connectivity index (χ2v) is 9.47. The highest BCUT2D eigenvalue weighted by Gasteiger charge is 2.51. The Hall–Kier alpha value is -1.85. The molecule has 4 aliphatic carbocycles. The highest BCUT2D eigenvalue weighted by atomic mass is 16.5. The van der Waals surface area contributed by atoms with Gasteiger partial charge in [-0.05, 0) is 82.5 Å². The molecule has 1 atom stereocenters. The Bertz CT molecular complexity index is 689. The third kappa shape index (κ3) is 3.76. The van der Waals surface area contributed by atoms with Crippen LogP contribution < -0.4 is 5.32 Å². The van der Waals surface area contributed by atoms with Gasteiger partial charge in [0.2, 0.25) is 0 Å². The first kappa shape index (κ1) is 18.5. The summed E-state index contributed by atoms with van der Waals surface area (Å²) in [4.78, 5) is 25.1. The summed E-state index contributed by atoms with van der Waals surface area (Å²) in [6.07, 6.45) is 8.90. The molecule has 0 radical (unpaired) electrons. The number of hydrogen-bond acceptors (Lipinski definition) is 4. The summed E-state index contributed by atoms with van der Waals surface area (Å²) in [5, 5.41) is 7.03. The molecule has 4 aliphatic rings. The van der Waals surface area contributed by atoms with E-state index in [9.17, 15) is 9.59 Å². The van der Waals surface area contributed by atoms with Gasteiger partial charge in [-0.2, -0.15) is 5.10 Å². The van der Waals surface area contributed by atoms with E-state index in [1.54, 1.807) is 23.9 Å². The lowest BCUT2D eigenvalue weighted by atomic mass is 9.49. The standard InChI is InChI=1S/C21H31N3O3/c1-13(2)24-18(4-5-22-24)23-20(26)14(3)27-19(25)12-21-9-15-6-16(10-21)8-17(7-15)11-21/h4-5,13-17H,6-12H2,1-3H3,(H,23,26)/t14-,15?,16?,17?,21?/m0/s1. The molecule has 148 valence electrons. The lowest BCUT2D eigenvalue weighted by molar-refractivity contribution is -0.160. The molecule has 1 amide bonds.